The van der Waals surface area contributed by atoms with Gasteiger partial charge in [0.2, 0.25) is 0 Å². The summed E-state index contributed by atoms with van der Waals surface area (Å²) in [6.45, 7) is 1.36. The van der Waals surface area contributed by atoms with E-state index in [-0.39, 0.29) is 0 Å². The number of hydrogen-bond donors (Lipinski definition) is 0. The predicted molar refractivity (Wildman–Crippen MR) is 102 cm³/mol. The standard InChI is InChI=1S/C20H19ClN4/c1-24(2)13-19-22-11-16-12-23-20(14-6-4-3-5-7-14)17-10-15(21)8-9-18(17)25(16)19/h3-11H,12-13H2,1-2H3. The minimum atomic E-state index is 0.594. The van der Waals surface area contributed by atoms with E-state index < -0.39 is 0 Å². The van der Waals surface area contributed by atoms with Crippen LogP contribution in [-0.4, -0.2) is 34.3 Å². The van der Waals surface area contributed by atoms with Crippen molar-refractivity contribution >= 4 is 17.3 Å². The third kappa shape index (κ3) is 2.99. The summed E-state index contributed by atoms with van der Waals surface area (Å²) in [4.78, 5) is 11.6. The second-order valence-electron chi connectivity index (χ2n) is 6.43. The molecule has 0 aliphatic carbocycles. The van der Waals surface area contributed by atoms with Gasteiger partial charge >= 0.3 is 0 Å². The molecule has 5 heteroatoms. The van der Waals surface area contributed by atoms with Crippen LogP contribution >= 0.6 is 11.6 Å². The van der Waals surface area contributed by atoms with Crippen LogP contribution in [-0.2, 0) is 13.1 Å². The Morgan fingerprint density at radius 2 is 1.92 bits per heavy atom. The highest BCUT2D eigenvalue weighted by Gasteiger charge is 2.22. The van der Waals surface area contributed by atoms with Crippen molar-refractivity contribution in [3.63, 3.8) is 0 Å². The Morgan fingerprint density at radius 1 is 1.12 bits per heavy atom. The zero-order valence-corrected chi connectivity index (χ0v) is 15.0. The van der Waals surface area contributed by atoms with Gasteiger partial charge in [0.05, 0.1) is 36.4 Å². The van der Waals surface area contributed by atoms with Crippen LogP contribution in [0.15, 0.2) is 59.7 Å². The second-order valence-corrected chi connectivity index (χ2v) is 6.87. The van der Waals surface area contributed by atoms with Gasteiger partial charge in [-0.25, -0.2) is 4.98 Å². The smallest absolute Gasteiger partial charge is 0.127 e. The summed E-state index contributed by atoms with van der Waals surface area (Å²) in [5.41, 5.74) is 5.27. The molecule has 0 N–H and O–H groups in total. The Labute approximate surface area is 152 Å². The summed E-state index contributed by atoms with van der Waals surface area (Å²) in [7, 11) is 4.10. The molecule has 0 fully saturated rings. The van der Waals surface area contributed by atoms with Gasteiger partial charge in [-0.3, -0.25) is 9.56 Å². The Bertz CT molecular complexity index is 942. The molecule has 2 heterocycles. The molecule has 1 aromatic heterocycles. The maximum absolute atomic E-state index is 6.32. The Morgan fingerprint density at radius 3 is 2.68 bits per heavy atom. The molecule has 0 saturated carbocycles. The number of aliphatic imine (C=N–C) groups is 1. The van der Waals surface area contributed by atoms with Crippen molar-refractivity contribution in [3.8, 4) is 5.69 Å². The molecule has 2 aromatic carbocycles. The van der Waals surface area contributed by atoms with Crippen LogP contribution in [0.5, 0.6) is 0 Å². The molecule has 4 nitrogen and oxygen atoms in total. The van der Waals surface area contributed by atoms with E-state index in [4.69, 9.17) is 16.6 Å². The Balaban J connectivity index is 1.94. The number of aromatic nitrogens is 2. The van der Waals surface area contributed by atoms with Crippen LogP contribution < -0.4 is 0 Å². The molecule has 25 heavy (non-hydrogen) atoms. The summed E-state index contributed by atoms with van der Waals surface area (Å²) in [6.07, 6.45) is 1.93. The van der Waals surface area contributed by atoms with Crippen LogP contribution in [0, 0.1) is 0 Å². The van der Waals surface area contributed by atoms with Crippen LogP contribution in [0.4, 0.5) is 0 Å². The lowest BCUT2D eigenvalue weighted by molar-refractivity contribution is 0.387. The van der Waals surface area contributed by atoms with Crippen molar-refractivity contribution in [1.82, 2.24) is 14.5 Å². The van der Waals surface area contributed by atoms with Gasteiger partial charge in [0.1, 0.15) is 5.82 Å². The highest BCUT2D eigenvalue weighted by atomic mass is 35.5. The van der Waals surface area contributed by atoms with Gasteiger partial charge in [0, 0.05) is 16.1 Å². The summed E-state index contributed by atoms with van der Waals surface area (Å²) >= 11 is 6.32. The van der Waals surface area contributed by atoms with Gasteiger partial charge in [0.15, 0.2) is 0 Å². The van der Waals surface area contributed by atoms with Gasteiger partial charge in [-0.15, -0.1) is 0 Å². The van der Waals surface area contributed by atoms with Gasteiger partial charge < -0.3 is 4.90 Å². The SMILES string of the molecule is CN(C)Cc1ncc2n1-c1ccc(Cl)cc1C(c1ccccc1)=NC2. The molecule has 0 unspecified atom stereocenters. The topological polar surface area (TPSA) is 33.4 Å². The van der Waals surface area contributed by atoms with E-state index in [2.05, 4.69) is 32.7 Å². The minimum absolute atomic E-state index is 0.594. The van der Waals surface area contributed by atoms with E-state index >= 15 is 0 Å². The van der Waals surface area contributed by atoms with Crippen LogP contribution in [0.25, 0.3) is 5.69 Å². The average molecular weight is 351 g/mol. The first-order valence-electron chi connectivity index (χ1n) is 8.24. The van der Waals surface area contributed by atoms with Crippen LogP contribution in [0.2, 0.25) is 5.02 Å². The van der Waals surface area contributed by atoms with Crippen molar-refractivity contribution in [3.05, 3.63) is 82.4 Å². The third-order valence-corrected chi connectivity index (χ3v) is 4.50. The fraction of sp³-hybridized carbons (Fsp3) is 0.200. The molecule has 3 aromatic rings. The highest BCUT2D eigenvalue weighted by Crippen LogP contribution is 2.29. The molecule has 0 bridgehead atoms. The minimum Gasteiger partial charge on any atom is -0.302 e. The van der Waals surface area contributed by atoms with Crippen molar-refractivity contribution in [2.24, 2.45) is 4.99 Å². The summed E-state index contributed by atoms with van der Waals surface area (Å²) in [5, 5.41) is 0.708. The first-order valence-corrected chi connectivity index (χ1v) is 8.61. The van der Waals surface area contributed by atoms with Crippen molar-refractivity contribution in [1.29, 1.82) is 0 Å². The largest absolute Gasteiger partial charge is 0.302 e. The molecular weight excluding hydrogens is 332 g/mol. The van der Waals surface area contributed by atoms with Gasteiger partial charge in [0.25, 0.3) is 0 Å². The number of imidazole rings is 1. The quantitative estimate of drug-likeness (QED) is 0.717. The number of benzene rings is 2. The monoisotopic (exact) mass is 350 g/mol. The summed E-state index contributed by atoms with van der Waals surface area (Å²) in [5.74, 6) is 1.01. The fourth-order valence-corrected chi connectivity index (χ4v) is 3.38. The third-order valence-electron chi connectivity index (χ3n) is 4.27. The van der Waals surface area contributed by atoms with E-state index in [1.807, 2.05) is 50.6 Å². The fourth-order valence-electron chi connectivity index (χ4n) is 3.21. The van der Waals surface area contributed by atoms with Gasteiger partial charge in [-0.1, -0.05) is 41.9 Å². The number of rotatable bonds is 3. The van der Waals surface area contributed by atoms with Crippen molar-refractivity contribution in [2.45, 2.75) is 13.1 Å². The first kappa shape index (κ1) is 16.1. The van der Waals surface area contributed by atoms with Crippen molar-refractivity contribution in [2.75, 3.05) is 14.1 Å². The maximum atomic E-state index is 6.32. The zero-order chi connectivity index (χ0) is 17.4. The van der Waals surface area contributed by atoms with Crippen LogP contribution in [0.1, 0.15) is 22.6 Å². The number of nitrogens with zero attached hydrogens (tertiary/aromatic N) is 4. The van der Waals surface area contributed by atoms with E-state index in [0.717, 1.165) is 40.6 Å². The Hall–Kier alpha value is -2.43. The lowest BCUT2D eigenvalue weighted by Gasteiger charge is -2.16. The molecule has 0 atom stereocenters. The van der Waals surface area contributed by atoms with Crippen molar-refractivity contribution < 1.29 is 0 Å². The molecule has 1 aliphatic heterocycles. The van der Waals surface area contributed by atoms with Crippen LogP contribution in [0.3, 0.4) is 0 Å². The van der Waals surface area contributed by atoms with E-state index in [1.165, 1.54) is 0 Å². The number of hydrogen-bond acceptors (Lipinski definition) is 3. The number of fused-ring (bicyclic) bond motifs is 3. The molecule has 126 valence electrons. The van der Waals surface area contributed by atoms with E-state index in [9.17, 15) is 0 Å². The average Bonchev–Trinajstić information content (AvgIpc) is 2.90. The molecule has 0 saturated heterocycles. The molecule has 1 aliphatic rings. The molecule has 0 amide bonds. The lowest BCUT2D eigenvalue weighted by Crippen LogP contribution is -2.16. The van der Waals surface area contributed by atoms with E-state index in [1.54, 1.807) is 0 Å². The molecule has 4 rings (SSSR count). The van der Waals surface area contributed by atoms with Gasteiger partial charge in [-0.2, -0.15) is 0 Å². The molecular formula is C20H19ClN4. The van der Waals surface area contributed by atoms with Gasteiger partial charge in [-0.05, 0) is 32.3 Å². The lowest BCUT2D eigenvalue weighted by atomic mass is 10.0. The highest BCUT2D eigenvalue weighted by molar-refractivity contribution is 6.31. The zero-order valence-electron chi connectivity index (χ0n) is 14.3. The summed E-state index contributed by atoms with van der Waals surface area (Å²) < 4.78 is 2.21. The number of halogens is 1. The Kier molecular flexibility index (Phi) is 4.15. The summed E-state index contributed by atoms with van der Waals surface area (Å²) in [6, 6.07) is 16.2. The first-order chi connectivity index (χ1) is 12.1. The second kappa shape index (κ2) is 6.47. The molecule has 0 spiro atoms. The van der Waals surface area contributed by atoms with E-state index in [0.29, 0.717) is 11.6 Å². The molecule has 0 radical (unpaired) electrons. The normalized spacial score (nSPS) is 13.2. The maximum Gasteiger partial charge on any atom is 0.127 e. The predicted octanol–water partition coefficient (Wildman–Crippen LogP) is 3.94.